The molecule has 0 fully saturated rings. The second kappa shape index (κ2) is 15.8. The predicted molar refractivity (Wildman–Crippen MR) is 272 cm³/mol. The summed E-state index contributed by atoms with van der Waals surface area (Å²) in [6, 6.07) is 92.7. The highest BCUT2D eigenvalue weighted by atomic mass is 15.1. The van der Waals surface area contributed by atoms with Crippen LogP contribution in [0.1, 0.15) is 0 Å². The minimum atomic E-state index is 1.08. The van der Waals surface area contributed by atoms with E-state index < -0.39 is 0 Å². The Morgan fingerprint density at radius 2 is 0.859 bits per heavy atom. The molecule has 12 aromatic rings. The summed E-state index contributed by atoms with van der Waals surface area (Å²) < 4.78 is 2.39. The summed E-state index contributed by atoms with van der Waals surface area (Å²) in [4.78, 5) is 2.42. The van der Waals surface area contributed by atoms with Gasteiger partial charge in [0.1, 0.15) is 0 Å². The van der Waals surface area contributed by atoms with Crippen LogP contribution in [0.25, 0.3) is 93.5 Å². The number of para-hydroxylation sites is 3. The Balaban J connectivity index is 1.01. The van der Waals surface area contributed by atoms with Gasteiger partial charge in [0.25, 0.3) is 0 Å². The normalized spacial score (nSPS) is 11.4. The Morgan fingerprint density at radius 3 is 1.69 bits per heavy atom. The zero-order valence-corrected chi connectivity index (χ0v) is 35.1. The van der Waals surface area contributed by atoms with Crippen LogP contribution in [0.15, 0.2) is 255 Å². The van der Waals surface area contributed by atoms with Gasteiger partial charge < -0.3 is 9.47 Å². The lowest BCUT2D eigenvalue weighted by atomic mass is 9.93. The van der Waals surface area contributed by atoms with Gasteiger partial charge in [-0.25, -0.2) is 0 Å². The number of rotatable bonds is 8. The molecule has 1 aromatic heterocycles. The highest BCUT2D eigenvalue weighted by molar-refractivity contribution is 6.16. The van der Waals surface area contributed by atoms with E-state index in [4.69, 9.17) is 0 Å². The molecule has 0 aliphatic heterocycles. The molecule has 2 heteroatoms. The van der Waals surface area contributed by atoms with Crippen LogP contribution in [0, 0.1) is 0 Å². The first-order valence-corrected chi connectivity index (χ1v) is 22.0. The Hall–Kier alpha value is -8.46. The van der Waals surface area contributed by atoms with Crippen molar-refractivity contribution in [3.8, 4) is 50.2 Å². The molecule has 64 heavy (non-hydrogen) atoms. The lowest BCUT2D eigenvalue weighted by Crippen LogP contribution is -2.11. The fourth-order valence-electron chi connectivity index (χ4n) is 9.85. The Kier molecular flexibility index (Phi) is 9.20. The van der Waals surface area contributed by atoms with E-state index in [2.05, 4.69) is 264 Å². The van der Waals surface area contributed by atoms with E-state index >= 15 is 0 Å². The SMILES string of the molecule is c1ccc(-c2cccc(N(c3ccc(-c4cc5ccccc5c5ccccc45)cc3)c3ccccc3-c3cccc(-c4cccc5c4c4ccccc4n5-c4ccccc4)c3)c2)cc1. The van der Waals surface area contributed by atoms with E-state index in [1.54, 1.807) is 0 Å². The van der Waals surface area contributed by atoms with Gasteiger partial charge >= 0.3 is 0 Å². The fourth-order valence-corrected chi connectivity index (χ4v) is 9.85. The van der Waals surface area contributed by atoms with Crippen molar-refractivity contribution in [2.75, 3.05) is 4.90 Å². The number of hydrogen-bond acceptors (Lipinski definition) is 1. The molecule has 2 nitrogen and oxygen atoms in total. The van der Waals surface area contributed by atoms with Crippen molar-refractivity contribution in [2.45, 2.75) is 0 Å². The summed E-state index contributed by atoms with van der Waals surface area (Å²) in [7, 11) is 0. The van der Waals surface area contributed by atoms with Crippen LogP contribution >= 0.6 is 0 Å². The van der Waals surface area contributed by atoms with Gasteiger partial charge in [0.05, 0.1) is 16.7 Å². The highest BCUT2D eigenvalue weighted by Crippen LogP contribution is 2.45. The van der Waals surface area contributed by atoms with Crippen LogP contribution < -0.4 is 4.90 Å². The molecule has 0 saturated carbocycles. The van der Waals surface area contributed by atoms with Gasteiger partial charge in [-0.3, -0.25) is 0 Å². The Bertz CT molecular complexity index is 3660. The van der Waals surface area contributed by atoms with Crippen molar-refractivity contribution in [3.05, 3.63) is 255 Å². The van der Waals surface area contributed by atoms with Crippen molar-refractivity contribution >= 4 is 60.4 Å². The topological polar surface area (TPSA) is 8.17 Å². The molecule has 0 aliphatic rings. The van der Waals surface area contributed by atoms with Crippen LogP contribution in [-0.2, 0) is 0 Å². The van der Waals surface area contributed by atoms with Crippen LogP contribution in [-0.4, -0.2) is 4.57 Å². The summed E-state index contributed by atoms with van der Waals surface area (Å²) in [6.07, 6.45) is 0. The maximum absolute atomic E-state index is 2.42. The second-order valence-corrected chi connectivity index (χ2v) is 16.5. The molecule has 0 spiro atoms. The van der Waals surface area contributed by atoms with E-state index in [0.29, 0.717) is 0 Å². The zero-order chi connectivity index (χ0) is 42.4. The number of aromatic nitrogens is 1. The van der Waals surface area contributed by atoms with Crippen LogP contribution in [0.4, 0.5) is 17.1 Å². The molecule has 0 aliphatic carbocycles. The van der Waals surface area contributed by atoms with Gasteiger partial charge in [-0.15, -0.1) is 0 Å². The fraction of sp³-hybridized carbons (Fsp3) is 0. The summed E-state index contributed by atoms with van der Waals surface area (Å²) in [6.45, 7) is 0. The monoisotopic (exact) mass is 814 g/mol. The molecule has 11 aromatic carbocycles. The first-order chi connectivity index (χ1) is 31.8. The lowest BCUT2D eigenvalue weighted by Gasteiger charge is -2.28. The highest BCUT2D eigenvalue weighted by Gasteiger charge is 2.20. The lowest BCUT2D eigenvalue weighted by molar-refractivity contribution is 1.18. The zero-order valence-electron chi connectivity index (χ0n) is 35.1. The van der Waals surface area contributed by atoms with E-state index in [0.717, 1.165) is 33.9 Å². The van der Waals surface area contributed by atoms with Crippen molar-refractivity contribution in [2.24, 2.45) is 0 Å². The molecular formula is C62H42N2. The summed E-state index contributed by atoms with van der Waals surface area (Å²) in [5.41, 5.74) is 16.3. The molecule has 0 bridgehead atoms. The number of fused-ring (bicyclic) bond motifs is 6. The predicted octanol–water partition coefficient (Wildman–Crippen LogP) is 17.2. The minimum Gasteiger partial charge on any atom is -0.310 e. The first-order valence-electron chi connectivity index (χ1n) is 22.0. The largest absolute Gasteiger partial charge is 0.310 e. The van der Waals surface area contributed by atoms with Crippen LogP contribution in [0.2, 0.25) is 0 Å². The third kappa shape index (κ3) is 6.44. The van der Waals surface area contributed by atoms with E-state index in [1.807, 2.05) is 0 Å². The molecule has 12 rings (SSSR count). The molecule has 300 valence electrons. The molecule has 0 atom stereocenters. The van der Waals surface area contributed by atoms with Crippen molar-refractivity contribution in [1.82, 2.24) is 4.57 Å². The van der Waals surface area contributed by atoms with Crippen LogP contribution in [0.3, 0.4) is 0 Å². The van der Waals surface area contributed by atoms with E-state index in [-0.39, 0.29) is 0 Å². The van der Waals surface area contributed by atoms with E-state index in [9.17, 15) is 0 Å². The van der Waals surface area contributed by atoms with Crippen LogP contribution in [0.5, 0.6) is 0 Å². The number of hydrogen-bond donors (Lipinski definition) is 0. The quantitative estimate of drug-likeness (QED) is 0.139. The molecule has 0 N–H and O–H groups in total. The van der Waals surface area contributed by atoms with Crippen molar-refractivity contribution in [3.63, 3.8) is 0 Å². The van der Waals surface area contributed by atoms with Gasteiger partial charge in [-0.05, 0) is 127 Å². The smallest absolute Gasteiger partial charge is 0.0547 e. The van der Waals surface area contributed by atoms with Gasteiger partial charge in [0, 0.05) is 33.4 Å². The number of benzene rings is 11. The molecule has 0 saturated heterocycles. The molecular weight excluding hydrogens is 773 g/mol. The first kappa shape index (κ1) is 37.3. The third-order valence-electron chi connectivity index (χ3n) is 12.8. The molecule has 1 heterocycles. The molecule has 0 amide bonds. The molecule has 0 unspecified atom stereocenters. The van der Waals surface area contributed by atoms with Gasteiger partial charge in [0.2, 0.25) is 0 Å². The number of nitrogens with zero attached hydrogens (tertiary/aromatic N) is 2. The summed E-state index contributed by atoms with van der Waals surface area (Å²) in [5, 5.41) is 7.55. The molecule has 0 radical (unpaired) electrons. The number of anilines is 3. The second-order valence-electron chi connectivity index (χ2n) is 16.5. The minimum absolute atomic E-state index is 1.08. The third-order valence-corrected chi connectivity index (χ3v) is 12.8. The summed E-state index contributed by atoms with van der Waals surface area (Å²) in [5.74, 6) is 0. The summed E-state index contributed by atoms with van der Waals surface area (Å²) >= 11 is 0. The van der Waals surface area contributed by atoms with E-state index in [1.165, 1.54) is 76.7 Å². The average Bonchev–Trinajstić information content (AvgIpc) is 3.72. The Labute approximate surface area is 373 Å². The van der Waals surface area contributed by atoms with Crippen molar-refractivity contribution < 1.29 is 0 Å². The van der Waals surface area contributed by atoms with Gasteiger partial charge in [-0.2, -0.15) is 0 Å². The maximum atomic E-state index is 2.42. The van der Waals surface area contributed by atoms with Gasteiger partial charge in [0.15, 0.2) is 0 Å². The van der Waals surface area contributed by atoms with Crippen molar-refractivity contribution in [1.29, 1.82) is 0 Å². The Morgan fingerprint density at radius 1 is 0.281 bits per heavy atom. The standard InChI is InChI=1S/C62H42N2/c1-3-18-43(19-4-1)45-21-16-26-51(41-45)63(50-38-36-44(37-39-50)58-42-48-20-7-8-27-52(48)55-29-9-10-30-56(55)58)59-33-13-11-28-53(59)46-22-15-23-47(40-46)54-32-17-35-61-62(54)57-31-12-14-34-60(57)64(61)49-24-5-2-6-25-49/h1-42H. The van der Waals surface area contributed by atoms with Gasteiger partial charge in [-0.1, -0.05) is 188 Å². The maximum Gasteiger partial charge on any atom is 0.0547 e. The average molecular weight is 815 g/mol.